The van der Waals surface area contributed by atoms with Gasteiger partial charge in [-0.25, -0.2) is 0 Å². The molecule has 0 bridgehead atoms. The van der Waals surface area contributed by atoms with Crippen molar-refractivity contribution in [3.05, 3.63) is 0 Å². The first-order valence-corrected chi connectivity index (χ1v) is 5.32. The molecule has 0 aliphatic rings. The summed E-state index contributed by atoms with van der Waals surface area (Å²) in [5.74, 6) is 0. The quantitative estimate of drug-likeness (QED) is 0.663. The SMILES string of the molecule is CCC(Br)C(OC)C(CC)OC. The summed E-state index contributed by atoms with van der Waals surface area (Å²) in [4.78, 5) is 0.382. The van der Waals surface area contributed by atoms with Gasteiger partial charge in [0.2, 0.25) is 0 Å². The molecule has 0 spiro atoms. The van der Waals surface area contributed by atoms with E-state index in [1.54, 1.807) is 14.2 Å². The molecular formula is C9H19BrO2. The fourth-order valence-electron chi connectivity index (χ4n) is 1.30. The Morgan fingerprint density at radius 2 is 1.67 bits per heavy atom. The van der Waals surface area contributed by atoms with Crippen molar-refractivity contribution < 1.29 is 9.47 Å². The lowest BCUT2D eigenvalue weighted by molar-refractivity contribution is -0.0370. The van der Waals surface area contributed by atoms with Crippen LogP contribution in [0.15, 0.2) is 0 Å². The Labute approximate surface area is 83.8 Å². The lowest BCUT2D eigenvalue weighted by Gasteiger charge is -2.27. The predicted molar refractivity (Wildman–Crippen MR) is 54.9 cm³/mol. The topological polar surface area (TPSA) is 18.5 Å². The van der Waals surface area contributed by atoms with E-state index in [0.29, 0.717) is 4.83 Å². The fraction of sp³-hybridized carbons (Fsp3) is 1.00. The van der Waals surface area contributed by atoms with Crippen molar-refractivity contribution in [3.63, 3.8) is 0 Å². The van der Waals surface area contributed by atoms with Crippen LogP contribution in [0.2, 0.25) is 0 Å². The number of rotatable bonds is 6. The number of halogens is 1. The van der Waals surface area contributed by atoms with E-state index in [4.69, 9.17) is 9.47 Å². The highest BCUT2D eigenvalue weighted by Gasteiger charge is 2.25. The number of alkyl halides is 1. The van der Waals surface area contributed by atoms with Gasteiger partial charge in [0.1, 0.15) is 0 Å². The molecule has 0 radical (unpaired) electrons. The van der Waals surface area contributed by atoms with Gasteiger partial charge in [-0.1, -0.05) is 29.8 Å². The van der Waals surface area contributed by atoms with Gasteiger partial charge in [-0.15, -0.1) is 0 Å². The van der Waals surface area contributed by atoms with Gasteiger partial charge in [0.15, 0.2) is 0 Å². The van der Waals surface area contributed by atoms with Crippen LogP contribution in [0.25, 0.3) is 0 Å². The Hall–Kier alpha value is 0.400. The van der Waals surface area contributed by atoms with Crippen LogP contribution < -0.4 is 0 Å². The van der Waals surface area contributed by atoms with Crippen molar-refractivity contribution in [3.8, 4) is 0 Å². The van der Waals surface area contributed by atoms with Crippen molar-refractivity contribution in [1.29, 1.82) is 0 Å². The summed E-state index contributed by atoms with van der Waals surface area (Å²) in [5.41, 5.74) is 0. The number of methoxy groups -OCH3 is 2. The van der Waals surface area contributed by atoms with Crippen molar-refractivity contribution >= 4 is 15.9 Å². The van der Waals surface area contributed by atoms with E-state index < -0.39 is 0 Å². The molecule has 0 heterocycles. The van der Waals surface area contributed by atoms with Crippen LogP contribution in [-0.4, -0.2) is 31.3 Å². The van der Waals surface area contributed by atoms with E-state index in [-0.39, 0.29) is 12.2 Å². The maximum absolute atomic E-state index is 5.38. The Kier molecular flexibility index (Phi) is 7.10. The van der Waals surface area contributed by atoms with Gasteiger partial charge in [0, 0.05) is 19.0 Å². The zero-order valence-corrected chi connectivity index (χ0v) is 9.93. The molecule has 0 N–H and O–H groups in total. The minimum Gasteiger partial charge on any atom is -0.379 e. The maximum Gasteiger partial charge on any atom is 0.0957 e. The van der Waals surface area contributed by atoms with Crippen LogP contribution in [0.5, 0.6) is 0 Å². The smallest absolute Gasteiger partial charge is 0.0957 e. The molecule has 3 atom stereocenters. The van der Waals surface area contributed by atoms with E-state index in [1.807, 2.05) is 0 Å². The second-order valence-corrected chi connectivity index (χ2v) is 3.98. The first-order chi connectivity index (χ1) is 5.71. The molecule has 74 valence electrons. The van der Waals surface area contributed by atoms with E-state index in [2.05, 4.69) is 29.8 Å². The molecule has 3 unspecified atom stereocenters. The molecule has 0 amide bonds. The van der Waals surface area contributed by atoms with Crippen LogP contribution in [-0.2, 0) is 9.47 Å². The highest BCUT2D eigenvalue weighted by Crippen LogP contribution is 2.19. The normalized spacial score (nSPS) is 18.8. The Morgan fingerprint density at radius 3 is 1.92 bits per heavy atom. The van der Waals surface area contributed by atoms with Crippen molar-refractivity contribution in [2.45, 2.75) is 43.7 Å². The Morgan fingerprint density at radius 1 is 1.08 bits per heavy atom. The van der Waals surface area contributed by atoms with Crippen molar-refractivity contribution in [1.82, 2.24) is 0 Å². The minimum absolute atomic E-state index is 0.157. The standard InChI is InChI=1S/C9H19BrO2/c1-5-7(10)9(12-4)8(6-2)11-3/h7-9H,5-6H2,1-4H3. The molecule has 0 fully saturated rings. The first kappa shape index (κ1) is 12.4. The van der Waals surface area contributed by atoms with Crippen molar-refractivity contribution in [2.24, 2.45) is 0 Å². The van der Waals surface area contributed by atoms with Crippen molar-refractivity contribution in [2.75, 3.05) is 14.2 Å². The molecule has 12 heavy (non-hydrogen) atoms. The van der Waals surface area contributed by atoms with Gasteiger partial charge < -0.3 is 9.47 Å². The molecule has 0 saturated carbocycles. The number of hydrogen-bond donors (Lipinski definition) is 0. The molecule has 0 rings (SSSR count). The molecule has 0 aromatic carbocycles. The van der Waals surface area contributed by atoms with E-state index in [1.165, 1.54) is 0 Å². The van der Waals surface area contributed by atoms with Gasteiger partial charge in [0.05, 0.1) is 12.2 Å². The van der Waals surface area contributed by atoms with Crippen LogP contribution in [0.3, 0.4) is 0 Å². The molecule has 0 aliphatic heterocycles. The lowest BCUT2D eigenvalue weighted by atomic mass is 10.1. The fourth-order valence-corrected chi connectivity index (χ4v) is 1.85. The minimum atomic E-state index is 0.157. The van der Waals surface area contributed by atoms with Gasteiger partial charge >= 0.3 is 0 Å². The molecule has 2 nitrogen and oxygen atoms in total. The second-order valence-electron chi connectivity index (χ2n) is 2.81. The summed E-state index contributed by atoms with van der Waals surface area (Å²) in [5, 5.41) is 0. The average Bonchev–Trinajstić information content (AvgIpc) is 2.12. The summed E-state index contributed by atoms with van der Waals surface area (Å²) in [7, 11) is 3.46. The molecule has 0 saturated heterocycles. The highest BCUT2D eigenvalue weighted by molar-refractivity contribution is 9.09. The molecule has 0 aromatic heterocycles. The van der Waals surface area contributed by atoms with Crippen LogP contribution in [0, 0.1) is 0 Å². The Balaban J connectivity index is 4.09. The van der Waals surface area contributed by atoms with Crippen LogP contribution in [0.4, 0.5) is 0 Å². The van der Waals surface area contributed by atoms with E-state index in [0.717, 1.165) is 12.8 Å². The summed E-state index contributed by atoms with van der Waals surface area (Å²) >= 11 is 3.58. The first-order valence-electron chi connectivity index (χ1n) is 4.40. The largest absolute Gasteiger partial charge is 0.379 e. The van der Waals surface area contributed by atoms with Gasteiger partial charge in [0.25, 0.3) is 0 Å². The summed E-state index contributed by atoms with van der Waals surface area (Å²) in [6, 6.07) is 0. The van der Waals surface area contributed by atoms with E-state index >= 15 is 0 Å². The third-order valence-corrected chi connectivity index (χ3v) is 3.26. The maximum atomic E-state index is 5.38. The lowest BCUT2D eigenvalue weighted by Crippen LogP contribution is -2.36. The second kappa shape index (κ2) is 6.87. The molecule has 0 aliphatic carbocycles. The zero-order valence-electron chi connectivity index (χ0n) is 8.34. The third kappa shape index (κ3) is 3.42. The third-order valence-electron chi connectivity index (χ3n) is 2.09. The van der Waals surface area contributed by atoms with Crippen LogP contribution >= 0.6 is 15.9 Å². The number of hydrogen-bond acceptors (Lipinski definition) is 2. The van der Waals surface area contributed by atoms with Gasteiger partial charge in [-0.05, 0) is 12.8 Å². The van der Waals surface area contributed by atoms with Gasteiger partial charge in [-0.2, -0.15) is 0 Å². The number of ether oxygens (including phenoxy) is 2. The van der Waals surface area contributed by atoms with E-state index in [9.17, 15) is 0 Å². The molecule has 3 heteroatoms. The van der Waals surface area contributed by atoms with Gasteiger partial charge in [-0.3, -0.25) is 0 Å². The average molecular weight is 239 g/mol. The molecule has 0 aromatic rings. The summed E-state index contributed by atoms with van der Waals surface area (Å²) in [6.45, 7) is 4.24. The summed E-state index contributed by atoms with van der Waals surface area (Å²) < 4.78 is 10.7. The predicted octanol–water partition coefficient (Wildman–Crippen LogP) is 2.60. The summed E-state index contributed by atoms with van der Waals surface area (Å²) in [6.07, 6.45) is 2.39. The zero-order chi connectivity index (χ0) is 9.56. The van der Waals surface area contributed by atoms with Crippen LogP contribution in [0.1, 0.15) is 26.7 Å². The molecular weight excluding hydrogens is 220 g/mol. The monoisotopic (exact) mass is 238 g/mol. The highest BCUT2D eigenvalue weighted by atomic mass is 79.9. The Bertz CT molecular complexity index is 105.